The molecule has 1 saturated heterocycles. The van der Waals surface area contributed by atoms with Gasteiger partial charge in [0.2, 0.25) is 5.43 Å². The summed E-state index contributed by atoms with van der Waals surface area (Å²) < 4.78 is 7.14. The minimum absolute atomic E-state index is 0.239. The smallest absolute Gasteiger partial charge is 0.341 e. The van der Waals surface area contributed by atoms with Gasteiger partial charge in [-0.15, -0.1) is 0 Å². The van der Waals surface area contributed by atoms with E-state index in [1.54, 1.807) is 22.9 Å². The van der Waals surface area contributed by atoms with Crippen molar-refractivity contribution in [3.05, 3.63) is 40.2 Å². The van der Waals surface area contributed by atoms with Gasteiger partial charge in [0.25, 0.3) is 0 Å². The SMILES string of the molecule is COc1cccc2c(=O)c(C(=O)O)cn(N3CCNC(C)C3)c12. The highest BCUT2D eigenvalue weighted by Gasteiger charge is 2.22. The molecule has 0 saturated carbocycles. The summed E-state index contributed by atoms with van der Waals surface area (Å²) in [6.07, 6.45) is 1.40. The molecule has 2 N–H and O–H groups in total. The fourth-order valence-electron chi connectivity index (χ4n) is 2.98. The Bertz CT molecular complexity index is 815. The van der Waals surface area contributed by atoms with Gasteiger partial charge in [0.15, 0.2) is 0 Å². The van der Waals surface area contributed by atoms with Crippen molar-refractivity contribution in [3.8, 4) is 5.75 Å². The number of carboxylic acid groups (broad SMARTS) is 1. The molecule has 0 spiro atoms. The molecule has 1 atom stereocenters. The summed E-state index contributed by atoms with van der Waals surface area (Å²) in [5.74, 6) is -0.681. The van der Waals surface area contributed by atoms with Crippen LogP contribution in [0.3, 0.4) is 0 Å². The van der Waals surface area contributed by atoms with Crippen molar-refractivity contribution in [2.45, 2.75) is 13.0 Å². The molecular formula is C16H19N3O4. The molecule has 0 amide bonds. The van der Waals surface area contributed by atoms with Gasteiger partial charge in [-0.05, 0) is 19.1 Å². The number of para-hydroxylation sites is 1. The predicted octanol–water partition coefficient (Wildman–Crippen LogP) is 0.638. The number of carbonyl (C=O) groups is 1. The van der Waals surface area contributed by atoms with Crippen LogP contribution in [0.1, 0.15) is 17.3 Å². The predicted molar refractivity (Wildman–Crippen MR) is 87.1 cm³/mol. The van der Waals surface area contributed by atoms with E-state index in [1.807, 2.05) is 5.01 Å². The first kappa shape index (κ1) is 15.4. The molecule has 1 fully saturated rings. The number of methoxy groups -OCH3 is 1. The van der Waals surface area contributed by atoms with Crippen LogP contribution in [0.2, 0.25) is 0 Å². The van der Waals surface area contributed by atoms with Crippen LogP contribution in [0.5, 0.6) is 5.75 Å². The first-order valence-electron chi connectivity index (χ1n) is 7.47. The number of hydrogen-bond acceptors (Lipinski definition) is 5. The molecule has 0 bridgehead atoms. The van der Waals surface area contributed by atoms with E-state index >= 15 is 0 Å². The Labute approximate surface area is 133 Å². The number of rotatable bonds is 3. The van der Waals surface area contributed by atoms with E-state index in [9.17, 15) is 14.7 Å². The normalized spacial score (nSPS) is 18.2. The Morgan fingerprint density at radius 1 is 1.43 bits per heavy atom. The molecule has 23 heavy (non-hydrogen) atoms. The Morgan fingerprint density at radius 3 is 2.87 bits per heavy atom. The van der Waals surface area contributed by atoms with E-state index in [1.165, 1.54) is 13.3 Å². The molecule has 0 radical (unpaired) electrons. The zero-order chi connectivity index (χ0) is 16.6. The molecule has 0 aliphatic carbocycles. The monoisotopic (exact) mass is 317 g/mol. The number of piperazine rings is 1. The maximum absolute atomic E-state index is 12.5. The van der Waals surface area contributed by atoms with E-state index < -0.39 is 11.4 Å². The molecule has 1 aliphatic heterocycles. The van der Waals surface area contributed by atoms with E-state index in [0.717, 1.165) is 6.54 Å². The summed E-state index contributed by atoms with van der Waals surface area (Å²) in [7, 11) is 1.54. The Morgan fingerprint density at radius 2 is 2.22 bits per heavy atom. The standard InChI is InChI=1S/C16H19N3O4/c1-10-8-18(7-6-17-10)19-9-12(16(21)22)15(20)11-4-3-5-13(23-2)14(11)19/h3-5,9-10,17H,6-8H2,1-2H3,(H,21,22). The lowest BCUT2D eigenvalue weighted by molar-refractivity contribution is 0.0694. The van der Waals surface area contributed by atoms with Gasteiger partial charge >= 0.3 is 5.97 Å². The number of aromatic carboxylic acids is 1. The number of nitrogens with zero attached hydrogens (tertiary/aromatic N) is 2. The lowest BCUT2D eigenvalue weighted by Gasteiger charge is -2.36. The van der Waals surface area contributed by atoms with Gasteiger partial charge in [0.05, 0.1) is 12.5 Å². The van der Waals surface area contributed by atoms with Crippen LogP contribution in [0.25, 0.3) is 10.9 Å². The molecule has 7 nitrogen and oxygen atoms in total. The molecule has 1 unspecified atom stereocenters. The average Bonchev–Trinajstić information content (AvgIpc) is 2.54. The zero-order valence-corrected chi connectivity index (χ0v) is 13.1. The van der Waals surface area contributed by atoms with Gasteiger partial charge in [-0.1, -0.05) is 6.07 Å². The second-order valence-electron chi connectivity index (χ2n) is 5.65. The lowest BCUT2D eigenvalue weighted by atomic mass is 10.1. The topological polar surface area (TPSA) is 83.8 Å². The number of carboxylic acids is 1. The van der Waals surface area contributed by atoms with Crippen LogP contribution in [0.4, 0.5) is 0 Å². The van der Waals surface area contributed by atoms with E-state index in [-0.39, 0.29) is 11.6 Å². The van der Waals surface area contributed by atoms with Gasteiger partial charge < -0.3 is 20.2 Å². The summed E-state index contributed by atoms with van der Waals surface area (Å²) in [6, 6.07) is 5.36. The number of benzene rings is 1. The number of nitrogens with one attached hydrogen (secondary N) is 1. The zero-order valence-electron chi connectivity index (χ0n) is 13.1. The van der Waals surface area contributed by atoms with Crippen LogP contribution in [-0.2, 0) is 0 Å². The fraction of sp³-hybridized carbons (Fsp3) is 0.375. The summed E-state index contributed by atoms with van der Waals surface area (Å²) in [4.78, 5) is 23.9. The minimum Gasteiger partial charge on any atom is -0.494 e. The highest BCUT2D eigenvalue weighted by atomic mass is 16.5. The largest absolute Gasteiger partial charge is 0.494 e. The maximum Gasteiger partial charge on any atom is 0.341 e. The van der Waals surface area contributed by atoms with E-state index in [2.05, 4.69) is 12.2 Å². The van der Waals surface area contributed by atoms with Crippen LogP contribution in [0, 0.1) is 0 Å². The van der Waals surface area contributed by atoms with Crippen molar-refractivity contribution >= 4 is 16.9 Å². The molecule has 2 heterocycles. The Balaban J connectivity index is 2.31. The molecular weight excluding hydrogens is 298 g/mol. The van der Waals surface area contributed by atoms with Crippen molar-refractivity contribution in [1.82, 2.24) is 9.99 Å². The van der Waals surface area contributed by atoms with E-state index in [0.29, 0.717) is 29.7 Å². The summed E-state index contributed by atoms with van der Waals surface area (Å²) in [6.45, 7) is 4.26. The van der Waals surface area contributed by atoms with Crippen LogP contribution in [0.15, 0.2) is 29.2 Å². The molecule has 1 aliphatic rings. The van der Waals surface area contributed by atoms with Crippen molar-refractivity contribution < 1.29 is 14.6 Å². The molecule has 2 aromatic rings. The number of aromatic nitrogens is 1. The Hall–Kier alpha value is -2.54. The second kappa shape index (κ2) is 5.92. The highest BCUT2D eigenvalue weighted by molar-refractivity contribution is 5.94. The third-order valence-electron chi connectivity index (χ3n) is 4.07. The number of hydrogen-bond donors (Lipinski definition) is 2. The molecule has 122 valence electrons. The summed E-state index contributed by atoms with van der Waals surface area (Å²) in [5, 5.41) is 15.1. The maximum atomic E-state index is 12.5. The highest BCUT2D eigenvalue weighted by Crippen LogP contribution is 2.24. The van der Waals surface area contributed by atoms with Gasteiger partial charge in [-0.3, -0.25) is 9.47 Å². The summed E-state index contributed by atoms with van der Waals surface area (Å²) >= 11 is 0. The lowest BCUT2D eigenvalue weighted by Crippen LogP contribution is -2.54. The third kappa shape index (κ3) is 2.63. The van der Waals surface area contributed by atoms with Crippen LogP contribution in [-0.4, -0.2) is 48.5 Å². The number of ether oxygens (including phenoxy) is 1. The second-order valence-corrected chi connectivity index (χ2v) is 5.65. The Kier molecular flexibility index (Phi) is 3.96. The quantitative estimate of drug-likeness (QED) is 0.864. The average molecular weight is 317 g/mol. The van der Waals surface area contributed by atoms with Gasteiger partial charge in [-0.2, -0.15) is 0 Å². The van der Waals surface area contributed by atoms with Crippen LogP contribution >= 0.6 is 0 Å². The number of pyridine rings is 1. The fourth-order valence-corrected chi connectivity index (χ4v) is 2.98. The first-order valence-corrected chi connectivity index (χ1v) is 7.47. The van der Waals surface area contributed by atoms with Gasteiger partial charge in [0, 0.05) is 31.9 Å². The summed E-state index contributed by atoms with van der Waals surface area (Å²) in [5.41, 5.74) is -0.137. The number of fused-ring (bicyclic) bond motifs is 1. The van der Waals surface area contributed by atoms with Crippen molar-refractivity contribution in [3.63, 3.8) is 0 Å². The molecule has 1 aromatic heterocycles. The van der Waals surface area contributed by atoms with Gasteiger partial charge in [0.1, 0.15) is 16.8 Å². The minimum atomic E-state index is -1.23. The molecule has 3 rings (SSSR count). The third-order valence-corrected chi connectivity index (χ3v) is 4.07. The first-order chi connectivity index (χ1) is 11.0. The van der Waals surface area contributed by atoms with E-state index in [4.69, 9.17) is 4.74 Å². The van der Waals surface area contributed by atoms with Crippen LogP contribution < -0.4 is 20.5 Å². The molecule has 7 heteroatoms. The molecule has 1 aromatic carbocycles. The van der Waals surface area contributed by atoms with Crippen molar-refractivity contribution in [1.29, 1.82) is 0 Å². The van der Waals surface area contributed by atoms with Crippen molar-refractivity contribution in [2.75, 3.05) is 31.8 Å². The van der Waals surface area contributed by atoms with Gasteiger partial charge in [-0.25, -0.2) is 4.79 Å². The van der Waals surface area contributed by atoms with Crippen molar-refractivity contribution in [2.24, 2.45) is 0 Å².